The van der Waals surface area contributed by atoms with Gasteiger partial charge in [0.1, 0.15) is 11.4 Å². The lowest BCUT2D eigenvalue weighted by Gasteiger charge is -2.06. The van der Waals surface area contributed by atoms with E-state index in [-0.39, 0.29) is 5.78 Å². The molecular formula is C15H13N3O. The molecule has 0 atom stereocenters. The van der Waals surface area contributed by atoms with Crippen LogP contribution in [0.25, 0.3) is 10.9 Å². The summed E-state index contributed by atoms with van der Waals surface area (Å²) < 4.78 is 1.56. The van der Waals surface area contributed by atoms with E-state index < -0.39 is 0 Å². The molecule has 0 saturated carbocycles. The van der Waals surface area contributed by atoms with Gasteiger partial charge in [-0.1, -0.05) is 18.2 Å². The van der Waals surface area contributed by atoms with E-state index in [0.29, 0.717) is 11.4 Å². The maximum absolute atomic E-state index is 12.4. The van der Waals surface area contributed by atoms with Crippen molar-refractivity contribution in [3.05, 3.63) is 59.5 Å². The summed E-state index contributed by atoms with van der Waals surface area (Å²) in [7, 11) is 1.75. The van der Waals surface area contributed by atoms with Crippen LogP contribution < -0.4 is 0 Å². The monoisotopic (exact) mass is 251 g/mol. The number of fused-ring (bicyclic) bond motifs is 1. The first kappa shape index (κ1) is 11.6. The molecule has 3 aromatic rings. The lowest BCUT2D eigenvalue weighted by molar-refractivity contribution is 0.102. The molecule has 0 fully saturated rings. The van der Waals surface area contributed by atoms with Crippen molar-refractivity contribution in [3.8, 4) is 0 Å². The molecule has 4 heteroatoms. The van der Waals surface area contributed by atoms with Crippen molar-refractivity contribution in [1.29, 1.82) is 0 Å². The van der Waals surface area contributed by atoms with Gasteiger partial charge in [-0.15, -0.1) is 0 Å². The highest BCUT2D eigenvalue weighted by atomic mass is 16.1. The molecule has 4 nitrogen and oxygen atoms in total. The number of carbonyl (C=O) groups is 1. The fourth-order valence-corrected chi connectivity index (χ4v) is 2.19. The average molecular weight is 251 g/mol. The Balaban J connectivity index is 2.16. The van der Waals surface area contributed by atoms with Crippen molar-refractivity contribution in [1.82, 2.24) is 14.8 Å². The van der Waals surface area contributed by atoms with Crippen LogP contribution in [0.5, 0.6) is 0 Å². The zero-order chi connectivity index (χ0) is 13.4. The second kappa shape index (κ2) is 4.31. The number of para-hydroxylation sites is 1. The summed E-state index contributed by atoms with van der Waals surface area (Å²) in [4.78, 5) is 16.8. The van der Waals surface area contributed by atoms with Gasteiger partial charge in [0.25, 0.3) is 0 Å². The van der Waals surface area contributed by atoms with E-state index in [1.54, 1.807) is 24.0 Å². The van der Waals surface area contributed by atoms with Crippen molar-refractivity contribution < 1.29 is 4.79 Å². The number of rotatable bonds is 2. The van der Waals surface area contributed by atoms with Crippen LogP contribution in [0.15, 0.2) is 42.6 Å². The zero-order valence-electron chi connectivity index (χ0n) is 10.8. The lowest BCUT2D eigenvalue weighted by atomic mass is 10.1. The Hall–Kier alpha value is -2.49. The third kappa shape index (κ3) is 1.91. The van der Waals surface area contributed by atoms with Gasteiger partial charge in [-0.05, 0) is 30.7 Å². The summed E-state index contributed by atoms with van der Waals surface area (Å²) >= 11 is 0. The van der Waals surface area contributed by atoms with E-state index in [1.165, 1.54) is 0 Å². The molecule has 0 amide bonds. The number of benzene rings is 1. The van der Waals surface area contributed by atoms with Crippen LogP contribution in [-0.4, -0.2) is 20.5 Å². The van der Waals surface area contributed by atoms with Crippen molar-refractivity contribution in [2.45, 2.75) is 6.92 Å². The van der Waals surface area contributed by atoms with E-state index in [1.807, 2.05) is 37.3 Å². The average Bonchev–Trinajstić information content (AvgIpc) is 2.84. The van der Waals surface area contributed by atoms with Crippen molar-refractivity contribution in [3.63, 3.8) is 0 Å². The number of aryl methyl sites for hydroxylation is 2. The second-order valence-corrected chi connectivity index (χ2v) is 4.51. The Morgan fingerprint density at radius 3 is 2.74 bits per heavy atom. The number of pyridine rings is 1. The van der Waals surface area contributed by atoms with Crippen molar-refractivity contribution in [2.24, 2.45) is 7.05 Å². The topological polar surface area (TPSA) is 47.8 Å². The summed E-state index contributed by atoms with van der Waals surface area (Å²) in [6, 6.07) is 11.4. The molecular weight excluding hydrogens is 238 g/mol. The molecule has 0 radical (unpaired) electrons. The molecule has 0 unspecified atom stereocenters. The van der Waals surface area contributed by atoms with Crippen LogP contribution in [0.4, 0.5) is 0 Å². The van der Waals surface area contributed by atoms with Crippen molar-refractivity contribution >= 4 is 16.7 Å². The summed E-state index contributed by atoms with van der Waals surface area (Å²) in [6.45, 7) is 1.99. The van der Waals surface area contributed by atoms with Crippen molar-refractivity contribution in [2.75, 3.05) is 0 Å². The Labute approximate surface area is 110 Å². The highest BCUT2D eigenvalue weighted by Gasteiger charge is 2.15. The Kier molecular flexibility index (Phi) is 2.63. The lowest BCUT2D eigenvalue weighted by Crippen LogP contribution is -2.10. The minimum atomic E-state index is -0.103. The minimum Gasteiger partial charge on any atom is -0.285 e. The number of nitrogens with zero attached hydrogens (tertiary/aromatic N) is 3. The standard InChI is InChI=1S/C15H13N3O/c1-10-9-13(15(19)14-7-8-16-18(14)2)17-12-6-4-3-5-11(10)12/h3-9H,1-2H3. The molecule has 0 saturated heterocycles. The quantitative estimate of drug-likeness (QED) is 0.657. The van der Waals surface area contributed by atoms with Gasteiger partial charge in [0.2, 0.25) is 5.78 Å². The predicted octanol–water partition coefficient (Wildman–Crippen LogP) is 2.51. The first-order valence-corrected chi connectivity index (χ1v) is 6.06. The predicted molar refractivity (Wildman–Crippen MR) is 73.1 cm³/mol. The van der Waals surface area contributed by atoms with Crippen LogP contribution in [-0.2, 0) is 7.05 Å². The maximum atomic E-state index is 12.4. The number of carbonyl (C=O) groups excluding carboxylic acids is 1. The fraction of sp³-hybridized carbons (Fsp3) is 0.133. The Bertz CT molecular complexity index is 774. The largest absolute Gasteiger partial charge is 0.285 e. The Morgan fingerprint density at radius 2 is 2.00 bits per heavy atom. The van der Waals surface area contributed by atoms with Gasteiger partial charge in [-0.25, -0.2) is 4.98 Å². The molecule has 3 rings (SSSR count). The van der Waals surface area contributed by atoms with Gasteiger partial charge >= 0.3 is 0 Å². The number of hydrogen-bond donors (Lipinski definition) is 0. The maximum Gasteiger partial charge on any atom is 0.229 e. The second-order valence-electron chi connectivity index (χ2n) is 4.51. The third-order valence-electron chi connectivity index (χ3n) is 3.21. The molecule has 0 aliphatic carbocycles. The van der Waals surface area contributed by atoms with Gasteiger partial charge in [-0.3, -0.25) is 9.48 Å². The number of ketones is 1. The molecule has 0 aliphatic heterocycles. The third-order valence-corrected chi connectivity index (χ3v) is 3.21. The van der Waals surface area contributed by atoms with Gasteiger partial charge in [0.05, 0.1) is 5.52 Å². The first-order valence-electron chi connectivity index (χ1n) is 6.06. The smallest absolute Gasteiger partial charge is 0.229 e. The van der Waals surface area contributed by atoms with Crippen LogP contribution in [0.3, 0.4) is 0 Å². The highest BCUT2D eigenvalue weighted by molar-refractivity contribution is 6.07. The van der Waals surface area contributed by atoms with E-state index in [2.05, 4.69) is 10.1 Å². The minimum absolute atomic E-state index is 0.103. The SMILES string of the molecule is Cc1cc(C(=O)c2ccnn2C)nc2ccccc12. The number of aromatic nitrogens is 3. The number of hydrogen-bond acceptors (Lipinski definition) is 3. The molecule has 0 spiro atoms. The summed E-state index contributed by atoms with van der Waals surface area (Å²) in [5.74, 6) is -0.103. The van der Waals surface area contributed by atoms with E-state index >= 15 is 0 Å². The van der Waals surface area contributed by atoms with Crippen LogP contribution in [0.1, 0.15) is 21.7 Å². The molecule has 2 aromatic heterocycles. The first-order chi connectivity index (χ1) is 9.16. The molecule has 0 bridgehead atoms. The molecule has 94 valence electrons. The van der Waals surface area contributed by atoms with Gasteiger partial charge in [0.15, 0.2) is 0 Å². The van der Waals surface area contributed by atoms with Gasteiger partial charge < -0.3 is 0 Å². The van der Waals surface area contributed by atoms with Crippen LogP contribution >= 0.6 is 0 Å². The fourth-order valence-electron chi connectivity index (χ4n) is 2.19. The van der Waals surface area contributed by atoms with Crippen LogP contribution in [0.2, 0.25) is 0 Å². The normalized spacial score (nSPS) is 10.8. The Morgan fingerprint density at radius 1 is 1.21 bits per heavy atom. The molecule has 0 N–H and O–H groups in total. The zero-order valence-corrected chi connectivity index (χ0v) is 10.8. The van der Waals surface area contributed by atoms with E-state index in [0.717, 1.165) is 16.5 Å². The summed E-state index contributed by atoms with van der Waals surface area (Å²) in [5.41, 5.74) is 2.89. The van der Waals surface area contributed by atoms with E-state index in [4.69, 9.17) is 0 Å². The van der Waals surface area contributed by atoms with Gasteiger partial charge in [0, 0.05) is 18.6 Å². The molecule has 0 aliphatic rings. The molecule has 1 aromatic carbocycles. The molecule has 19 heavy (non-hydrogen) atoms. The summed E-state index contributed by atoms with van der Waals surface area (Å²) in [5, 5.41) is 5.09. The summed E-state index contributed by atoms with van der Waals surface area (Å²) in [6.07, 6.45) is 1.61. The van der Waals surface area contributed by atoms with Gasteiger partial charge in [-0.2, -0.15) is 5.10 Å². The van der Waals surface area contributed by atoms with Crippen LogP contribution in [0, 0.1) is 6.92 Å². The van der Waals surface area contributed by atoms with E-state index in [9.17, 15) is 4.79 Å². The highest BCUT2D eigenvalue weighted by Crippen LogP contribution is 2.18. The molecule has 2 heterocycles.